The minimum Gasteiger partial charge on any atom is -0.349 e. The number of hydrogen-bond donors (Lipinski definition) is 1. The van der Waals surface area contributed by atoms with Crippen LogP contribution in [0.25, 0.3) is 0 Å². The normalized spacial score (nSPS) is 24.8. The summed E-state index contributed by atoms with van der Waals surface area (Å²) in [5.41, 5.74) is 0.241. The summed E-state index contributed by atoms with van der Waals surface area (Å²) < 4.78 is 0.379. The number of nitrogens with zero attached hydrogens (tertiary/aromatic N) is 1. The van der Waals surface area contributed by atoms with E-state index in [-0.39, 0.29) is 17.6 Å². The van der Waals surface area contributed by atoms with E-state index in [1.54, 1.807) is 12.1 Å². The van der Waals surface area contributed by atoms with Crippen LogP contribution in [-0.2, 0) is 0 Å². The Labute approximate surface area is 132 Å². The Morgan fingerprint density at radius 3 is 2.76 bits per heavy atom. The van der Waals surface area contributed by atoms with Gasteiger partial charge in [-0.15, -0.1) is 0 Å². The van der Waals surface area contributed by atoms with Crippen molar-refractivity contribution in [3.63, 3.8) is 0 Å². The molecular weight excluding hydrogens is 336 g/mol. The number of carbonyl (C=O) groups excluding carboxylic acids is 1. The number of nitrogens with one attached hydrogen (secondary N) is 1. The van der Waals surface area contributed by atoms with Gasteiger partial charge in [-0.1, -0.05) is 20.3 Å². The van der Waals surface area contributed by atoms with E-state index in [1.807, 2.05) is 0 Å². The van der Waals surface area contributed by atoms with Crippen LogP contribution in [0.1, 0.15) is 43.5 Å². The van der Waals surface area contributed by atoms with E-state index in [0.717, 1.165) is 19.3 Å². The molecule has 0 bridgehead atoms. The molecule has 0 heterocycles. The molecule has 0 saturated heterocycles. The minimum atomic E-state index is -0.494. The maximum absolute atomic E-state index is 12.3. The van der Waals surface area contributed by atoms with Crippen molar-refractivity contribution in [2.75, 3.05) is 0 Å². The molecule has 2 rings (SSSR count). The zero-order valence-corrected chi connectivity index (χ0v) is 13.7. The van der Waals surface area contributed by atoms with Gasteiger partial charge in [0.2, 0.25) is 0 Å². The van der Waals surface area contributed by atoms with E-state index in [2.05, 4.69) is 35.1 Å². The molecule has 1 saturated carbocycles. The van der Waals surface area contributed by atoms with Crippen LogP contribution in [0.4, 0.5) is 5.69 Å². The van der Waals surface area contributed by atoms with Gasteiger partial charge in [-0.3, -0.25) is 14.9 Å². The van der Waals surface area contributed by atoms with E-state index in [0.29, 0.717) is 21.9 Å². The van der Waals surface area contributed by atoms with E-state index in [9.17, 15) is 14.9 Å². The number of amides is 1. The van der Waals surface area contributed by atoms with Gasteiger partial charge >= 0.3 is 0 Å². The van der Waals surface area contributed by atoms with Gasteiger partial charge in [-0.25, -0.2) is 0 Å². The highest BCUT2D eigenvalue weighted by molar-refractivity contribution is 9.10. The molecule has 0 aliphatic heterocycles. The second kappa shape index (κ2) is 6.56. The second-order valence-electron chi connectivity index (χ2n) is 5.61. The zero-order valence-electron chi connectivity index (χ0n) is 12.1. The predicted molar refractivity (Wildman–Crippen MR) is 84.2 cm³/mol. The molecule has 0 aromatic heterocycles. The van der Waals surface area contributed by atoms with Gasteiger partial charge in [0.15, 0.2) is 0 Å². The molecule has 1 amide bonds. The first-order valence-corrected chi connectivity index (χ1v) is 7.98. The van der Waals surface area contributed by atoms with Crippen molar-refractivity contribution in [2.45, 2.75) is 39.2 Å². The Bertz CT molecular complexity index is 562. The SMILES string of the molecule is CCC1CCC(NC(=O)c2ccc(Br)c([N+](=O)[O-])c2)C1C. The third kappa shape index (κ3) is 3.43. The third-order valence-electron chi connectivity index (χ3n) is 4.47. The molecule has 21 heavy (non-hydrogen) atoms. The second-order valence-corrected chi connectivity index (χ2v) is 6.46. The maximum atomic E-state index is 12.3. The molecule has 3 unspecified atom stereocenters. The molecule has 3 atom stereocenters. The lowest BCUT2D eigenvalue weighted by atomic mass is 9.93. The summed E-state index contributed by atoms with van der Waals surface area (Å²) in [6.07, 6.45) is 3.23. The average Bonchev–Trinajstić information content (AvgIpc) is 2.79. The fourth-order valence-electron chi connectivity index (χ4n) is 3.07. The Morgan fingerprint density at radius 2 is 2.19 bits per heavy atom. The summed E-state index contributed by atoms with van der Waals surface area (Å²) in [6.45, 7) is 4.33. The highest BCUT2D eigenvalue weighted by atomic mass is 79.9. The van der Waals surface area contributed by atoms with Crippen LogP contribution in [0.5, 0.6) is 0 Å². The Kier molecular flexibility index (Phi) is 4.98. The van der Waals surface area contributed by atoms with Crippen LogP contribution in [0, 0.1) is 22.0 Å². The van der Waals surface area contributed by atoms with Gasteiger partial charge in [-0.05, 0) is 52.7 Å². The molecule has 1 fully saturated rings. The van der Waals surface area contributed by atoms with E-state index < -0.39 is 4.92 Å². The monoisotopic (exact) mass is 354 g/mol. The number of hydrogen-bond acceptors (Lipinski definition) is 3. The van der Waals surface area contributed by atoms with Crippen molar-refractivity contribution >= 4 is 27.5 Å². The van der Waals surface area contributed by atoms with Crippen molar-refractivity contribution in [3.05, 3.63) is 38.3 Å². The van der Waals surface area contributed by atoms with Gasteiger partial charge in [-0.2, -0.15) is 0 Å². The Balaban J connectivity index is 2.11. The topological polar surface area (TPSA) is 72.2 Å². The number of rotatable bonds is 4. The number of nitro groups is 1. The molecule has 6 heteroatoms. The minimum absolute atomic E-state index is 0.0893. The summed E-state index contributed by atoms with van der Waals surface area (Å²) in [6, 6.07) is 4.62. The molecular formula is C15H19BrN2O3. The van der Waals surface area contributed by atoms with Crippen molar-refractivity contribution in [1.82, 2.24) is 5.32 Å². The van der Waals surface area contributed by atoms with E-state index in [4.69, 9.17) is 0 Å². The van der Waals surface area contributed by atoms with E-state index in [1.165, 1.54) is 6.07 Å². The quantitative estimate of drug-likeness (QED) is 0.657. The number of benzene rings is 1. The van der Waals surface area contributed by atoms with Gasteiger partial charge in [0, 0.05) is 17.7 Å². The molecule has 1 aliphatic rings. The van der Waals surface area contributed by atoms with Gasteiger partial charge in [0.25, 0.3) is 11.6 Å². The molecule has 114 valence electrons. The van der Waals surface area contributed by atoms with Crippen LogP contribution in [0.3, 0.4) is 0 Å². The van der Waals surface area contributed by atoms with Crippen molar-refractivity contribution in [2.24, 2.45) is 11.8 Å². The largest absolute Gasteiger partial charge is 0.349 e. The van der Waals surface area contributed by atoms with Crippen LogP contribution in [-0.4, -0.2) is 16.9 Å². The lowest BCUT2D eigenvalue weighted by Gasteiger charge is -2.21. The first-order valence-electron chi connectivity index (χ1n) is 7.18. The number of carbonyl (C=O) groups is 1. The highest BCUT2D eigenvalue weighted by Crippen LogP contribution is 2.34. The Hall–Kier alpha value is -1.43. The molecule has 0 spiro atoms. The number of nitro benzene ring substituents is 1. The molecule has 1 aromatic rings. The van der Waals surface area contributed by atoms with E-state index >= 15 is 0 Å². The van der Waals surface area contributed by atoms with Crippen molar-refractivity contribution in [3.8, 4) is 0 Å². The summed E-state index contributed by atoms with van der Waals surface area (Å²) in [4.78, 5) is 22.7. The predicted octanol–water partition coefficient (Wildman–Crippen LogP) is 3.91. The van der Waals surface area contributed by atoms with Crippen LogP contribution < -0.4 is 5.32 Å². The summed E-state index contributed by atoms with van der Waals surface area (Å²) in [5, 5.41) is 13.9. The van der Waals surface area contributed by atoms with Gasteiger partial charge < -0.3 is 5.32 Å². The van der Waals surface area contributed by atoms with Crippen LogP contribution in [0.15, 0.2) is 22.7 Å². The first-order chi connectivity index (χ1) is 9.93. The molecule has 5 nitrogen and oxygen atoms in total. The average molecular weight is 355 g/mol. The highest BCUT2D eigenvalue weighted by Gasteiger charge is 2.32. The van der Waals surface area contributed by atoms with Crippen LogP contribution in [0.2, 0.25) is 0 Å². The lowest BCUT2D eigenvalue weighted by Crippen LogP contribution is -2.37. The van der Waals surface area contributed by atoms with Gasteiger partial charge in [0.05, 0.1) is 9.40 Å². The number of halogens is 1. The fourth-order valence-corrected chi connectivity index (χ4v) is 3.46. The zero-order chi connectivity index (χ0) is 15.6. The maximum Gasteiger partial charge on any atom is 0.284 e. The first kappa shape index (κ1) is 15.9. The summed E-state index contributed by atoms with van der Waals surface area (Å²) in [7, 11) is 0. The third-order valence-corrected chi connectivity index (χ3v) is 5.14. The molecule has 1 aliphatic carbocycles. The summed E-state index contributed by atoms with van der Waals surface area (Å²) in [5.74, 6) is 0.859. The standard InChI is InChI=1S/C15H19BrN2O3/c1-3-10-5-7-13(9(10)2)17-15(19)11-4-6-12(16)14(8-11)18(20)21/h4,6,8-10,13H,3,5,7H2,1-2H3,(H,17,19). The smallest absolute Gasteiger partial charge is 0.284 e. The van der Waals surface area contributed by atoms with Crippen LogP contribution >= 0.6 is 15.9 Å². The van der Waals surface area contributed by atoms with Gasteiger partial charge in [0.1, 0.15) is 0 Å². The fraction of sp³-hybridized carbons (Fsp3) is 0.533. The van der Waals surface area contributed by atoms with Crippen molar-refractivity contribution < 1.29 is 9.72 Å². The Morgan fingerprint density at radius 1 is 1.48 bits per heavy atom. The molecule has 0 radical (unpaired) electrons. The molecule has 1 N–H and O–H groups in total. The molecule has 1 aromatic carbocycles. The van der Waals surface area contributed by atoms with Crippen molar-refractivity contribution in [1.29, 1.82) is 0 Å². The summed E-state index contributed by atoms with van der Waals surface area (Å²) >= 11 is 3.12. The lowest BCUT2D eigenvalue weighted by molar-refractivity contribution is -0.385.